The molecule has 3 aromatic heterocycles. The molecule has 0 saturated heterocycles. The maximum atomic E-state index is 4.40. The first-order valence-electron chi connectivity index (χ1n) is 15.7. The zero-order chi connectivity index (χ0) is 30.8. The Bertz CT molecular complexity index is 2770. The van der Waals surface area contributed by atoms with Crippen molar-refractivity contribution >= 4 is 77.7 Å². The molecule has 0 amide bonds. The van der Waals surface area contributed by atoms with Crippen LogP contribution in [0, 0.1) is 0 Å². The van der Waals surface area contributed by atoms with Crippen LogP contribution in [0.4, 0.5) is 0 Å². The monoisotopic (exact) mass is 606 g/mol. The fourth-order valence-corrected chi connectivity index (χ4v) is 8.23. The number of benzene rings is 6. The molecule has 218 valence electrons. The Morgan fingerprint density at radius 3 is 1.78 bits per heavy atom. The lowest BCUT2D eigenvalue weighted by Gasteiger charge is -2.10. The smallest absolute Gasteiger partial charge is 0.0640 e. The Balaban J connectivity index is 1.27. The molecular weight excluding hydrogens is 577 g/mol. The third kappa shape index (κ3) is 3.95. The molecule has 0 atom stereocenters. The zero-order valence-electron chi connectivity index (χ0n) is 25.4. The van der Waals surface area contributed by atoms with Crippen LogP contribution < -0.4 is 9.75 Å². The molecule has 0 aliphatic heterocycles. The summed E-state index contributed by atoms with van der Waals surface area (Å²) >= 11 is 1.77. The molecule has 0 bridgehead atoms. The van der Waals surface area contributed by atoms with Gasteiger partial charge in [0.1, 0.15) is 0 Å². The number of allylic oxidation sites excluding steroid dienone is 2. The second-order valence-corrected chi connectivity index (χ2v) is 12.9. The van der Waals surface area contributed by atoms with Gasteiger partial charge in [0.25, 0.3) is 0 Å². The van der Waals surface area contributed by atoms with E-state index in [0.717, 1.165) is 4.53 Å². The van der Waals surface area contributed by atoms with Gasteiger partial charge >= 0.3 is 0 Å². The number of hydrogen-bond donors (Lipinski definition) is 0. The van der Waals surface area contributed by atoms with E-state index in [-0.39, 0.29) is 0 Å². The number of nitrogens with zero attached hydrogens (tertiary/aromatic N) is 2. The van der Waals surface area contributed by atoms with Gasteiger partial charge in [-0.25, -0.2) is 0 Å². The minimum Gasteiger partial charge on any atom is -0.309 e. The number of thiophene rings is 1. The largest absolute Gasteiger partial charge is 0.309 e. The molecule has 9 rings (SSSR count). The van der Waals surface area contributed by atoms with Crippen molar-refractivity contribution in [2.45, 2.75) is 6.92 Å². The Morgan fingerprint density at radius 2 is 1.11 bits per heavy atom. The summed E-state index contributed by atoms with van der Waals surface area (Å²) in [7, 11) is 0. The molecule has 0 aliphatic rings. The van der Waals surface area contributed by atoms with Crippen LogP contribution >= 0.6 is 11.3 Å². The van der Waals surface area contributed by atoms with Gasteiger partial charge in [0.15, 0.2) is 0 Å². The Morgan fingerprint density at radius 1 is 0.543 bits per heavy atom. The van der Waals surface area contributed by atoms with Crippen molar-refractivity contribution in [2.24, 2.45) is 0 Å². The molecular formula is C43H30N2S. The molecule has 46 heavy (non-hydrogen) atoms. The molecule has 0 unspecified atom stereocenters. The van der Waals surface area contributed by atoms with Gasteiger partial charge in [-0.3, -0.25) is 0 Å². The summed E-state index contributed by atoms with van der Waals surface area (Å²) in [6, 6.07) is 48.6. The Kier molecular flexibility index (Phi) is 6.09. The van der Waals surface area contributed by atoms with Gasteiger partial charge in [-0.2, -0.15) is 0 Å². The van der Waals surface area contributed by atoms with Gasteiger partial charge in [-0.15, -0.1) is 11.3 Å². The quantitative estimate of drug-likeness (QED) is 0.189. The Labute approximate surface area is 270 Å². The van der Waals surface area contributed by atoms with E-state index in [1.807, 2.05) is 6.92 Å². The molecule has 0 N–H and O–H groups in total. The molecule has 6 aromatic carbocycles. The van der Waals surface area contributed by atoms with Gasteiger partial charge in [-0.1, -0.05) is 104 Å². The number of fused-ring (bicyclic) bond motifs is 7. The summed E-state index contributed by atoms with van der Waals surface area (Å²) in [6.07, 6.45) is 6.34. The van der Waals surface area contributed by atoms with Crippen LogP contribution in [0.2, 0.25) is 0 Å². The molecule has 0 fully saturated rings. The maximum Gasteiger partial charge on any atom is 0.0640 e. The molecule has 0 spiro atoms. The van der Waals surface area contributed by atoms with Crippen molar-refractivity contribution in [1.29, 1.82) is 0 Å². The maximum absolute atomic E-state index is 4.40. The van der Waals surface area contributed by atoms with Crippen LogP contribution in [0.5, 0.6) is 0 Å². The lowest BCUT2D eigenvalue weighted by molar-refractivity contribution is 1.18. The highest BCUT2D eigenvalue weighted by atomic mass is 32.1. The van der Waals surface area contributed by atoms with E-state index < -0.39 is 0 Å². The van der Waals surface area contributed by atoms with Crippen molar-refractivity contribution in [3.05, 3.63) is 155 Å². The number of hydrogen-bond acceptors (Lipinski definition) is 1. The summed E-state index contributed by atoms with van der Waals surface area (Å²) in [6.45, 7) is 6.45. The fraction of sp³-hybridized carbons (Fsp3) is 0.0233. The third-order valence-electron chi connectivity index (χ3n) is 9.20. The summed E-state index contributed by atoms with van der Waals surface area (Å²) in [5, 5.41) is 7.48. The number of aromatic nitrogens is 2. The summed E-state index contributed by atoms with van der Waals surface area (Å²) in [4.78, 5) is 0. The Hall–Kier alpha value is -5.64. The number of rotatable bonds is 4. The predicted molar refractivity (Wildman–Crippen MR) is 200 cm³/mol. The van der Waals surface area contributed by atoms with E-state index in [0.29, 0.717) is 0 Å². The third-order valence-corrected chi connectivity index (χ3v) is 10.3. The number of para-hydroxylation sites is 3. The summed E-state index contributed by atoms with van der Waals surface area (Å²) in [5.74, 6) is 0. The normalized spacial score (nSPS) is 12.6. The van der Waals surface area contributed by atoms with E-state index in [9.17, 15) is 0 Å². The van der Waals surface area contributed by atoms with Crippen LogP contribution in [0.1, 0.15) is 6.92 Å². The van der Waals surface area contributed by atoms with Crippen LogP contribution in [-0.4, -0.2) is 9.13 Å². The van der Waals surface area contributed by atoms with E-state index in [1.165, 1.54) is 81.4 Å². The van der Waals surface area contributed by atoms with Crippen molar-refractivity contribution < 1.29 is 0 Å². The minimum atomic E-state index is 1.09. The second kappa shape index (κ2) is 10.5. The van der Waals surface area contributed by atoms with E-state index in [2.05, 4.69) is 167 Å². The van der Waals surface area contributed by atoms with Crippen molar-refractivity contribution in [1.82, 2.24) is 9.13 Å². The first-order valence-corrected chi connectivity index (χ1v) is 16.5. The highest BCUT2D eigenvalue weighted by Gasteiger charge is 2.17. The molecule has 0 aliphatic carbocycles. The van der Waals surface area contributed by atoms with Crippen LogP contribution in [0.15, 0.2) is 146 Å². The fourth-order valence-electron chi connectivity index (χ4n) is 7.14. The molecule has 2 nitrogen and oxygen atoms in total. The molecule has 0 saturated carbocycles. The van der Waals surface area contributed by atoms with Gasteiger partial charge in [0.2, 0.25) is 0 Å². The topological polar surface area (TPSA) is 9.86 Å². The standard InChI is InChI=1S/C43H30N2S/c1-3-4-15-32-28(2)46-43-35(32)18-12-21-42(43)45-39-20-11-9-17-34(39)37-27-30(23-25-41(37)45)29-22-24-40-36(26-29)33-16-8-10-19-38(33)44(40)31-13-6-5-7-14-31/h3-27H,2H2,1H3/b4-3-,32-15+. The van der Waals surface area contributed by atoms with Crippen LogP contribution in [0.25, 0.3) is 88.9 Å². The lowest BCUT2D eigenvalue weighted by Crippen LogP contribution is -2.15. The summed E-state index contributed by atoms with van der Waals surface area (Å²) in [5.41, 5.74) is 9.65. The van der Waals surface area contributed by atoms with Crippen molar-refractivity contribution in [3.63, 3.8) is 0 Å². The first kappa shape index (κ1) is 26.7. The molecule has 9 aromatic rings. The van der Waals surface area contributed by atoms with Gasteiger partial charge in [0.05, 0.1) is 32.5 Å². The van der Waals surface area contributed by atoms with E-state index in [4.69, 9.17) is 0 Å². The SMILES string of the molecule is C=c1sc2c(-n3c4ccccc4c4cc(-c5ccc6c(c5)c5ccccc5n6-c5ccccc5)ccc43)cccc2/c1=C/C=C\C. The summed E-state index contributed by atoms with van der Waals surface area (Å²) < 4.78 is 7.15. The average molecular weight is 607 g/mol. The van der Waals surface area contributed by atoms with E-state index in [1.54, 1.807) is 11.3 Å². The minimum absolute atomic E-state index is 1.09. The van der Waals surface area contributed by atoms with Crippen molar-refractivity contribution in [3.8, 4) is 22.5 Å². The van der Waals surface area contributed by atoms with Gasteiger partial charge < -0.3 is 9.13 Å². The lowest BCUT2D eigenvalue weighted by atomic mass is 10.0. The average Bonchev–Trinajstić information content (AvgIpc) is 3.73. The molecule has 0 radical (unpaired) electrons. The molecule has 3 heterocycles. The first-order chi connectivity index (χ1) is 22.7. The van der Waals surface area contributed by atoms with Crippen LogP contribution in [-0.2, 0) is 0 Å². The van der Waals surface area contributed by atoms with Gasteiger partial charge in [0, 0.05) is 37.2 Å². The van der Waals surface area contributed by atoms with Crippen molar-refractivity contribution in [2.75, 3.05) is 0 Å². The highest BCUT2D eigenvalue weighted by Crippen LogP contribution is 2.39. The highest BCUT2D eigenvalue weighted by molar-refractivity contribution is 7.17. The predicted octanol–water partition coefficient (Wildman–Crippen LogP) is 10.5. The van der Waals surface area contributed by atoms with Gasteiger partial charge in [-0.05, 0) is 77.9 Å². The zero-order valence-corrected chi connectivity index (χ0v) is 26.3. The van der Waals surface area contributed by atoms with E-state index >= 15 is 0 Å². The molecule has 3 heteroatoms. The van der Waals surface area contributed by atoms with Crippen LogP contribution in [0.3, 0.4) is 0 Å². The second-order valence-electron chi connectivity index (χ2n) is 11.8.